The molecule has 4 aromatic rings. The first-order valence-electron chi connectivity index (χ1n) is 7.56. The van der Waals surface area contributed by atoms with Crippen molar-refractivity contribution < 1.29 is 0 Å². The second-order valence-corrected chi connectivity index (χ2v) is 6.47. The Kier molecular flexibility index (Phi) is 4.03. The third kappa shape index (κ3) is 3.16. The number of imidazole rings is 1. The van der Waals surface area contributed by atoms with Gasteiger partial charge in [0.25, 0.3) is 5.56 Å². The Morgan fingerprint density at radius 3 is 2.56 bits per heavy atom. The van der Waals surface area contributed by atoms with Gasteiger partial charge in [0.05, 0.1) is 6.33 Å². The van der Waals surface area contributed by atoms with Crippen LogP contribution < -0.4 is 5.56 Å². The van der Waals surface area contributed by atoms with E-state index in [2.05, 4.69) is 15.0 Å². The average Bonchev–Trinajstić information content (AvgIpc) is 2.98. The predicted molar refractivity (Wildman–Crippen MR) is 99.1 cm³/mol. The average molecular weight is 371 g/mol. The summed E-state index contributed by atoms with van der Waals surface area (Å²) in [5.41, 5.74) is 2.27. The minimum Gasteiger partial charge on any atom is -0.320 e. The molecule has 7 heteroatoms. The molecule has 0 unspecified atom stereocenters. The number of halogens is 2. The van der Waals surface area contributed by atoms with Crippen molar-refractivity contribution in [1.82, 2.24) is 19.5 Å². The Labute approximate surface area is 152 Å². The minimum atomic E-state index is -0.250. The largest absolute Gasteiger partial charge is 0.320 e. The number of nitrogens with one attached hydrogen (secondary N) is 1. The van der Waals surface area contributed by atoms with Gasteiger partial charge in [0.1, 0.15) is 5.82 Å². The molecular weight excluding hydrogens is 359 g/mol. The minimum absolute atomic E-state index is 0.250. The standard InChI is InChI=1S/C18H12Cl2N4O/c19-13-5-1-3-11(7-13)9-24-10-21-17-15(24)18(25)23-16(22-17)12-4-2-6-14(20)8-12/h1-8,10H,9H2,(H,22,23,25). The predicted octanol–water partition coefficient (Wildman–Crippen LogP) is 4.14. The Morgan fingerprint density at radius 1 is 1.04 bits per heavy atom. The van der Waals surface area contributed by atoms with Gasteiger partial charge >= 0.3 is 0 Å². The maximum atomic E-state index is 12.6. The normalized spacial score (nSPS) is 11.1. The van der Waals surface area contributed by atoms with E-state index in [4.69, 9.17) is 23.2 Å². The maximum absolute atomic E-state index is 12.6. The molecule has 0 aliphatic rings. The topological polar surface area (TPSA) is 63.6 Å². The van der Waals surface area contributed by atoms with Crippen molar-refractivity contribution in [3.8, 4) is 11.4 Å². The third-order valence-corrected chi connectivity index (χ3v) is 4.29. The molecule has 0 radical (unpaired) electrons. The van der Waals surface area contributed by atoms with E-state index < -0.39 is 0 Å². The van der Waals surface area contributed by atoms with E-state index in [0.717, 1.165) is 11.1 Å². The van der Waals surface area contributed by atoms with Gasteiger partial charge in [-0.1, -0.05) is 47.5 Å². The lowest BCUT2D eigenvalue weighted by Crippen LogP contribution is -2.13. The van der Waals surface area contributed by atoms with Gasteiger partial charge in [-0.15, -0.1) is 0 Å². The molecule has 124 valence electrons. The first-order chi connectivity index (χ1) is 12.1. The van der Waals surface area contributed by atoms with Crippen LogP contribution in [0, 0.1) is 0 Å². The lowest BCUT2D eigenvalue weighted by atomic mass is 10.2. The molecule has 0 aliphatic carbocycles. The zero-order chi connectivity index (χ0) is 17.4. The quantitative estimate of drug-likeness (QED) is 0.589. The molecule has 2 aromatic carbocycles. The Balaban J connectivity index is 1.78. The van der Waals surface area contributed by atoms with E-state index in [0.29, 0.717) is 33.6 Å². The molecule has 25 heavy (non-hydrogen) atoms. The summed E-state index contributed by atoms with van der Waals surface area (Å²) in [5, 5.41) is 1.23. The van der Waals surface area contributed by atoms with Gasteiger partial charge in [-0.05, 0) is 29.8 Å². The highest BCUT2D eigenvalue weighted by molar-refractivity contribution is 6.31. The van der Waals surface area contributed by atoms with Crippen molar-refractivity contribution in [2.75, 3.05) is 0 Å². The fourth-order valence-electron chi connectivity index (χ4n) is 2.71. The number of rotatable bonds is 3. The summed E-state index contributed by atoms with van der Waals surface area (Å²) in [6, 6.07) is 14.6. The molecule has 2 aromatic heterocycles. The van der Waals surface area contributed by atoms with E-state index in [1.807, 2.05) is 30.3 Å². The number of aromatic amines is 1. The number of benzene rings is 2. The Hall–Kier alpha value is -2.63. The van der Waals surface area contributed by atoms with Crippen LogP contribution in [0.4, 0.5) is 0 Å². The summed E-state index contributed by atoms with van der Waals surface area (Å²) in [5.74, 6) is 0.438. The van der Waals surface area contributed by atoms with Crippen molar-refractivity contribution in [3.05, 3.63) is 80.8 Å². The highest BCUT2D eigenvalue weighted by atomic mass is 35.5. The summed E-state index contributed by atoms with van der Waals surface area (Å²) >= 11 is 12.0. The van der Waals surface area contributed by atoms with Crippen molar-refractivity contribution in [3.63, 3.8) is 0 Å². The molecule has 0 saturated heterocycles. The molecule has 0 fully saturated rings. The molecule has 0 amide bonds. The zero-order valence-corrected chi connectivity index (χ0v) is 14.4. The fraction of sp³-hybridized carbons (Fsp3) is 0.0556. The van der Waals surface area contributed by atoms with Gasteiger partial charge in [0.15, 0.2) is 11.2 Å². The molecule has 4 rings (SSSR count). The number of aromatic nitrogens is 4. The summed E-state index contributed by atoms with van der Waals surface area (Å²) in [6.45, 7) is 0.484. The Bertz CT molecular complexity index is 1130. The zero-order valence-electron chi connectivity index (χ0n) is 12.9. The van der Waals surface area contributed by atoms with Gasteiger partial charge in [-0.2, -0.15) is 0 Å². The Morgan fingerprint density at radius 2 is 1.80 bits per heavy atom. The SMILES string of the molecule is O=c1[nH]c(-c2cccc(Cl)c2)nc2ncn(Cc3cccc(Cl)c3)c12. The van der Waals surface area contributed by atoms with Crippen LogP contribution in [0.2, 0.25) is 10.0 Å². The van der Waals surface area contributed by atoms with E-state index in [9.17, 15) is 4.79 Å². The number of hydrogen-bond acceptors (Lipinski definition) is 3. The molecule has 0 bridgehead atoms. The maximum Gasteiger partial charge on any atom is 0.277 e. The van der Waals surface area contributed by atoms with E-state index >= 15 is 0 Å². The second kappa shape index (κ2) is 6.35. The van der Waals surface area contributed by atoms with Crippen LogP contribution in [0.15, 0.2) is 59.7 Å². The van der Waals surface area contributed by atoms with Crippen molar-refractivity contribution in [1.29, 1.82) is 0 Å². The molecule has 0 atom stereocenters. The molecule has 0 spiro atoms. The lowest BCUT2D eigenvalue weighted by Gasteiger charge is -2.05. The number of H-pyrrole nitrogens is 1. The number of nitrogens with zero attached hydrogens (tertiary/aromatic N) is 3. The van der Waals surface area contributed by atoms with Gasteiger partial charge in [0, 0.05) is 22.2 Å². The number of hydrogen-bond donors (Lipinski definition) is 1. The van der Waals surface area contributed by atoms with Crippen molar-refractivity contribution >= 4 is 34.4 Å². The summed E-state index contributed by atoms with van der Waals surface area (Å²) in [6.07, 6.45) is 1.61. The van der Waals surface area contributed by atoms with E-state index in [1.54, 1.807) is 29.1 Å². The van der Waals surface area contributed by atoms with Gasteiger partial charge in [0.2, 0.25) is 0 Å². The van der Waals surface area contributed by atoms with Gasteiger partial charge < -0.3 is 9.55 Å². The molecule has 5 nitrogen and oxygen atoms in total. The smallest absolute Gasteiger partial charge is 0.277 e. The van der Waals surface area contributed by atoms with Crippen LogP contribution in [0.3, 0.4) is 0 Å². The summed E-state index contributed by atoms with van der Waals surface area (Å²) < 4.78 is 1.76. The molecule has 1 N–H and O–H groups in total. The lowest BCUT2D eigenvalue weighted by molar-refractivity contribution is 0.820. The monoisotopic (exact) mass is 370 g/mol. The van der Waals surface area contributed by atoms with E-state index in [1.165, 1.54) is 0 Å². The van der Waals surface area contributed by atoms with Gasteiger partial charge in [-0.3, -0.25) is 4.79 Å². The molecule has 0 saturated carbocycles. The van der Waals surface area contributed by atoms with Crippen LogP contribution in [-0.4, -0.2) is 19.5 Å². The van der Waals surface area contributed by atoms with Crippen molar-refractivity contribution in [2.45, 2.75) is 6.54 Å². The fourth-order valence-corrected chi connectivity index (χ4v) is 3.11. The summed E-state index contributed by atoms with van der Waals surface area (Å²) in [4.78, 5) is 24.1. The second-order valence-electron chi connectivity index (χ2n) is 5.60. The first-order valence-corrected chi connectivity index (χ1v) is 8.31. The van der Waals surface area contributed by atoms with Crippen molar-refractivity contribution in [2.24, 2.45) is 0 Å². The van der Waals surface area contributed by atoms with Crippen LogP contribution >= 0.6 is 23.2 Å². The van der Waals surface area contributed by atoms with Gasteiger partial charge in [-0.25, -0.2) is 9.97 Å². The molecule has 0 aliphatic heterocycles. The van der Waals surface area contributed by atoms with E-state index in [-0.39, 0.29) is 5.56 Å². The molecular formula is C18H12Cl2N4O. The number of fused-ring (bicyclic) bond motifs is 1. The van der Waals surface area contributed by atoms with Crippen LogP contribution in [-0.2, 0) is 6.54 Å². The van der Waals surface area contributed by atoms with Crippen LogP contribution in [0.1, 0.15) is 5.56 Å². The molecule has 2 heterocycles. The highest BCUT2D eigenvalue weighted by Crippen LogP contribution is 2.20. The third-order valence-electron chi connectivity index (χ3n) is 3.82. The van der Waals surface area contributed by atoms with Crippen LogP contribution in [0.5, 0.6) is 0 Å². The van der Waals surface area contributed by atoms with Crippen LogP contribution in [0.25, 0.3) is 22.6 Å². The summed E-state index contributed by atoms with van der Waals surface area (Å²) in [7, 11) is 0. The highest BCUT2D eigenvalue weighted by Gasteiger charge is 2.12. The first kappa shape index (κ1) is 15.9.